The molecule has 1 saturated carbocycles. The standard InChI is InChI=1S/C28H27F4N3O6/c1-39-21-10-16(4-9-20(21)41-18-7-8-18)25(37)34-12-27(38,28(30,31)32)22-11-19-24(40-14-26(19,33)13-36)23(35-22)15-2-5-17(29)6-3-15/h2-6,9-11,18,36,38H,7-8,12-14,33H2,1H3,(H,34,37)/t26?,27-/m1/s1. The highest BCUT2D eigenvalue weighted by atomic mass is 19.4. The van der Waals surface area contributed by atoms with Crippen molar-refractivity contribution in [3.63, 3.8) is 0 Å². The van der Waals surface area contributed by atoms with Gasteiger partial charge in [-0.25, -0.2) is 9.37 Å². The fourth-order valence-corrected chi connectivity index (χ4v) is 4.39. The van der Waals surface area contributed by atoms with Crippen LogP contribution in [0.25, 0.3) is 11.3 Å². The van der Waals surface area contributed by atoms with Gasteiger partial charge in [-0.15, -0.1) is 0 Å². The number of carbonyl (C=O) groups is 1. The minimum Gasteiger partial charge on any atom is -0.493 e. The number of aliphatic hydroxyl groups excluding tert-OH is 1. The molecule has 1 unspecified atom stereocenters. The van der Waals surface area contributed by atoms with Crippen molar-refractivity contribution in [2.24, 2.45) is 5.73 Å². The number of halogens is 4. The van der Waals surface area contributed by atoms with E-state index in [-0.39, 0.29) is 46.6 Å². The van der Waals surface area contributed by atoms with Gasteiger partial charge in [-0.1, -0.05) is 0 Å². The number of aliphatic hydroxyl groups is 2. The van der Waals surface area contributed by atoms with Gasteiger partial charge in [0, 0.05) is 16.7 Å². The Balaban J connectivity index is 1.51. The molecule has 1 aliphatic heterocycles. The second-order valence-corrected chi connectivity index (χ2v) is 10.1. The van der Waals surface area contributed by atoms with E-state index in [0.717, 1.165) is 31.0 Å². The largest absolute Gasteiger partial charge is 0.493 e. The Kier molecular flexibility index (Phi) is 7.30. The Morgan fingerprint density at radius 2 is 1.88 bits per heavy atom. The molecule has 2 aromatic carbocycles. The predicted octanol–water partition coefficient (Wildman–Crippen LogP) is 3.16. The molecule has 2 heterocycles. The van der Waals surface area contributed by atoms with Crippen LogP contribution in [0.5, 0.6) is 17.2 Å². The second-order valence-electron chi connectivity index (χ2n) is 10.1. The number of nitrogens with two attached hydrogens (primary N) is 1. The van der Waals surface area contributed by atoms with E-state index in [2.05, 4.69) is 10.3 Å². The lowest BCUT2D eigenvalue weighted by atomic mass is 9.88. The molecule has 3 aromatic rings. The average Bonchev–Trinajstić information content (AvgIpc) is 3.71. The number of carbonyl (C=O) groups excluding carboxylic acids is 1. The van der Waals surface area contributed by atoms with Crippen molar-refractivity contribution in [3.05, 3.63) is 71.2 Å². The number of amides is 1. The highest BCUT2D eigenvalue weighted by Gasteiger charge is 2.57. The molecule has 0 spiro atoms. The highest BCUT2D eigenvalue weighted by molar-refractivity contribution is 5.95. The van der Waals surface area contributed by atoms with Gasteiger partial charge < -0.3 is 35.5 Å². The molecule has 5 rings (SSSR count). The van der Waals surface area contributed by atoms with Gasteiger partial charge >= 0.3 is 6.18 Å². The van der Waals surface area contributed by atoms with Gasteiger partial charge in [0.15, 0.2) is 17.2 Å². The van der Waals surface area contributed by atoms with Crippen molar-refractivity contribution in [1.82, 2.24) is 10.3 Å². The van der Waals surface area contributed by atoms with Crippen molar-refractivity contribution in [3.8, 4) is 28.5 Å². The minimum absolute atomic E-state index is 0.00827. The van der Waals surface area contributed by atoms with Gasteiger partial charge in [-0.3, -0.25) is 4.79 Å². The smallest absolute Gasteiger partial charge is 0.424 e. The van der Waals surface area contributed by atoms with E-state index in [1.165, 1.54) is 37.4 Å². The normalized spacial score (nSPS) is 19.6. The number of ether oxygens (including phenoxy) is 3. The lowest BCUT2D eigenvalue weighted by molar-refractivity contribution is -0.265. The number of aromatic nitrogens is 1. The first kappa shape index (κ1) is 28.6. The van der Waals surface area contributed by atoms with Crippen LogP contribution in [0.1, 0.15) is 34.5 Å². The molecule has 1 aromatic heterocycles. The van der Waals surface area contributed by atoms with Gasteiger partial charge in [-0.2, -0.15) is 13.2 Å². The fraction of sp³-hybridized carbons (Fsp3) is 0.357. The maximum atomic E-state index is 14.5. The number of alkyl halides is 3. The van der Waals surface area contributed by atoms with Crippen LogP contribution < -0.4 is 25.3 Å². The van der Waals surface area contributed by atoms with Gasteiger partial charge in [0.1, 0.15) is 23.7 Å². The van der Waals surface area contributed by atoms with Gasteiger partial charge in [0.25, 0.3) is 5.91 Å². The van der Waals surface area contributed by atoms with Crippen molar-refractivity contribution >= 4 is 5.91 Å². The first-order valence-electron chi connectivity index (χ1n) is 12.6. The summed E-state index contributed by atoms with van der Waals surface area (Å²) in [6.45, 7) is -2.28. The van der Waals surface area contributed by atoms with Crippen molar-refractivity contribution in [2.75, 3.05) is 26.9 Å². The van der Waals surface area contributed by atoms with E-state index >= 15 is 0 Å². The van der Waals surface area contributed by atoms with Crippen LogP contribution >= 0.6 is 0 Å². The molecule has 0 bridgehead atoms. The molecule has 218 valence electrons. The zero-order chi connectivity index (χ0) is 29.6. The third-order valence-corrected chi connectivity index (χ3v) is 7.02. The number of fused-ring (bicyclic) bond motifs is 1. The summed E-state index contributed by atoms with van der Waals surface area (Å²) in [5.74, 6) is -0.903. The summed E-state index contributed by atoms with van der Waals surface area (Å²) in [5, 5.41) is 23.1. The fourth-order valence-electron chi connectivity index (χ4n) is 4.39. The second kappa shape index (κ2) is 10.5. The van der Waals surface area contributed by atoms with Crippen molar-refractivity contribution < 1.29 is 46.8 Å². The highest BCUT2D eigenvalue weighted by Crippen LogP contribution is 2.46. The number of benzene rings is 2. The Hall–Kier alpha value is -3.94. The van der Waals surface area contributed by atoms with E-state index in [0.29, 0.717) is 5.75 Å². The lowest BCUT2D eigenvalue weighted by Gasteiger charge is -2.31. The first-order chi connectivity index (χ1) is 19.4. The number of rotatable bonds is 9. The molecule has 9 nitrogen and oxygen atoms in total. The molecule has 13 heteroatoms. The molecule has 1 amide bonds. The Labute approximate surface area is 231 Å². The summed E-state index contributed by atoms with van der Waals surface area (Å²) >= 11 is 0. The minimum atomic E-state index is -5.32. The van der Waals surface area contributed by atoms with Crippen LogP contribution in [-0.2, 0) is 11.1 Å². The van der Waals surface area contributed by atoms with Crippen LogP contribution in [0.4, 0.5) is 17.6 Å². The molecular weight excluding hydrogens is 550 g/mol. The van der Waals surface area contributed by atoms with Gasteiger partial charge in [0.2, 0.25) is 5.60 Å². The quantitative estimate of drug-likeness (QED) is 0.285. The van der Waals surface area contributed by atoms with E-state index in [1.54, 1.807) is 0 Å². The van der Waals surface area contributed by atoms with E-state index in [1.807, 2.05) is 0 Å². The molecular formula is C28H27F4N3O6. The lowest BCUT2D eigenvalue weighted by Crippen LogP contribution is -2.52. The summed E-state index contributed by atoms with van der Waals surface area (Å²) in [4.78, 5) is 17.0. The monoisotopic (exact) mass is 577 g/mol. The number of hydrogen-bond donors (Lipinski definition) is 4. The van der Waals surface area contributed by atoms with Crippen LogP contribution in [0.2, 0.25) is 0 Å². The van der Waals surface area contributed by atoms with E-state index in [9.17, 15) is 32.6 Å². The zero-order valence-corrected chi connectivity index (χ0v) is 21.8. The average molecular weight is 578 g/mol. The van der Waals surface area contributed by atoms with Crippen LogP contribution in [0, 0.1) is 5.82 Å². The first-order valence-corrected chi connectivity index (χ1v) is 12.6. The number of nitrogens with zero attached hydrogens (tertiary/aromatic N) is 1. The van der Waals surface area contributed by atoms with Crippen molar-refractivity contribution in [2.45, 2.75) is 36.3 Å². The Morgan fingerprint density at radius 3 is 2.49 bits per heavy atom. The summed E-state index contributed by atoms with van der Waals surface area (Å²) in [7, 11) is 1.37. The maximum Gasteiger partial charge on any atom is 0.424 e. The van der Waals surface area contributed by atoms with Crippen LogP contribution in [-0.4, -0.2) is 60.3 Å². The Bertz CT molecular complexity index is 1460. The number of pyridine rings is 1. The summed E-state index contributed by atoms with van der Waals surface area (Å²) in [5.41, 5.74) is -0.00339. The number of methoxy groups -OCH3 is 1. The molecule has 2 aliphatic rings. The Morgan fingerprint density at radius 1 is 1.17 bits per heavy atom. The molecule has 41 heavy (non-hydrogen) atoms. The van der Waals surface area contributed by atoms with E-state index in [4.69, 9.17) is 19.9 Å². The SMILES string of the molecule is COc1cc(C(=O)NC[C@@](O)(c2cc3c(c(-c4ccc(F)cc4)n2)OCC3(N)CO)C(F)(F)F)ccc1OC1CC1. The number of nitrogens with one attached hydrogen (secondary N) is 1. The summed E-state index contributed by atoms with van der Waals surface area (Å²) in [6, 6.07) is 9.78. The summed E-state index contributed by atoms with van der Waals surface area (Å²) in [6.07, 6.45) is -3.50. The predicted molar refractivity (Wildman–Crippen MR) is 137 cm³/mol. The molecule has 0 saturated heterocycles. The van der Waals surface area contributed by atoms with E-state index < -0.39 is 47.9 Å². The molecule has 5 N–H and O–H groups in total. The maximum absolute atomic E-state index is 14.5. The molecule has 1 aliphatic carbocycles. The molecule has 1 fully saturated rings. The third kappa shape index (κ3) is 5.39. The third-order valence-electron chi connectivity index (χ3n) is 7.02. The van der Waals surface area contributed by atoms with Crippen LogP contribution in [0.3, 0.4) is 0 Å². The number of hydrogen-bond acceptors (Lipinski definition) is 8. The van der Waals surface area contributed by atoms with Crippen molar-refractivity contribution in [1.29, 1.82) is 0 Å². The van der Waals surface area contributed by atoms with Gasteiger partial charge in [-0.05, 0) is 61.4 Å². The molecule has 0 radical (unpaired) electrons. The zero-order valence-electron chi connectivity index (χ0n) is 21.8. The topological polar surface area (TPSA) is 136 Å². The van der Waals surface area contributed by atoms with Gasteiger partial charge in [0.05, 0.1) is 32.1 Å². The summed E-state index contributed by atoms with van der Waals surface area (Å²) < 4.78 is 73.7. The van der Waals surface area contributed by atoms with Crippen LogP contribution in [0.15, 0.2) is 48.5 Å². The molecule has 2 atom stereocenters.